The number of carboxylic acids is 1. The van der Waals surface area contributed by atoms with E-state index in [0.717, 1.165) is 23.1 Å². The zero-order valence-corrected chi connectivity index (χ0v) is 22.2. The first-order chi connectivity index (χ1) is 18.1. The molecule has 10 heteroatoms. The Hall–Kier alpha value is -3.85. The number of benzene rings is 2. The molecule has 5 N–H and O–H groups in total. The molecule has 0 radical (unpaired) electrons. The van der Waals surface area contributed by atoms with E-state index < -0.39 is 35.9 Å². The summed E-state index contributed by atoms with van der Waals surface area (Å²) in [6.07, 6.45) is 3.10. The van der Waals surface area contributed by atoms with Crippen LogP contribution in [0.25, 0.3) is 5.57 Å². The number of urea groups is 1. The van der Waals surface area contributed by atoms with Crippen molar-refractivity contribution in [3.63, 3.8) is 0 Å². The molecular weight excluding hydrogens is 508 g/mol. The van der Waals surface area contributed by atoms with E-state index in [0.29, 0.717) is 17.1 Å². The van der Waals surface area contributed by atoms with Gasteiger partial charge in [0.15, 0.2) is 0 Å². The number of aliphatic carboxylic acids is 1. The number of anilines is 1. The third-order valence-electron chi connectivity index (χ3n) is 6.06. The molecule has 9 nitrogen and oxygen atoms in total. The van der Waals surface area contributed by atoms with Crippen molar-refractivity contribution in [1.29, 1.82) is 0 Å². The summed E-state index contributed by atoms with van der Waals surface area (Å²) in [4.78, 5) is 50.0. The van der Waals surface area contributed by atoms with Crippen molar-refractivity contribution < 1.29 is 24.3 Å². The monoisotopic (exact) mass is 540 g/mol. The summed E-state index contributed by atoms with van der Waals surface area (Å²) < 4.78 is 0. The summed E-state index contributed by atoms with van der Waals surface area (Å²) in [5.74, 6) is -1.95. The SMILES string of the molecule is CC(C)CC(NC(=O)Nc1ccc(Cl)cc1)C(=O)NC(CC1=CCc2ccccc21)C(=O)NCCC(=O)O. The van der Waals surface area contributed by atoms with Gasteiger partial charge in [0, 0.05) is 23.7 Å². The molecule has 0 saturated carbocycles. The van der Waals surface area contributed by atoms with Crippen molar-refractivity contribution in [3.05, 3.63) is 70.8 Å². The van der Waals surface area contributed by atoms with Gasteiger partial charge in [-0.25, -0.2) is 4.79 Å². The minimum absolute atomic E-state index is 0.0622. The molecule has 38 heavy (non-hydrogen) atoms. The van der Waals surface area contributed by atoms with Crippen molar-refractivity contribution >= 4 is 46.7 Å². The highest BCUT2D eigenvalue weighted by Gasteiger charge is 2.29. The van der Waals surface area contributed by atoms with E-state index in [-0.39, 0.29) is 25.3 Å². The van der Waals surface area contributed by atoms with Crippen LogP contribution in [0.1, 0.15) is 44.2 Å². The normalized spacial score (nSPS) is 13.6. The zero-order valence-electron chi connectivity index (χ0n) is 21.4. The van der Waals surface area contributed by atoms with Crippen LogP contribution >= 0.6 is 11.6 Å². The van der Waals surface area contributed by atoms with Crippen LogP contribution in [-0.4, -0.2) is 47.5 Å². The Morgan fingerprint density at radius 1 is 0.947 bits per heavy atom. The van der Waals surface area contributed by atoms with Gasteiger partial charge in [-0.2, -0.15) is 0 Å². The van der Waals surface area contributed by atoms with E-state index in [1.807, 2.05) is 44.2 Å². The average Bonchev–Trinajstić information content (AvgIpc) is 3.27. The maximum absolute atomic E-state index is 13.4. The molecule has 0 spiro atoms. The van der Waals surface area contributed by atoms with Crippen molar-refractivity contribution in [2.45, 2.75) is 51.6 Å². The van der Waals surface area contributed by atoms with Gasteiger partial charge in [-0.15, -0.1) is 0 Å². The smallest absolute Gasteiger partial charge is 0.319 e. The number of hydrogen-bond acceptors (Lipinski definition) is 4. The molecule has 0 heterocycles. The van der Waals surface area contributed by atoms with Crippen molar-refractivity contribution in [3.8, 4) is 0 Å². The van der Waals surface area contributed by atoms with Gasteiger partial charge < -0.3 is 26.4 Å². The summed E-state index contributed by atoms with van der Waals surface area (Å²) >= 11 is 5.89. The predicted molar refractivity (Wildman–Crippen MR) is 147 cm³/mol. The first kappa shape index (κ1) is 28.7. The van der Waals surface area contributed by atoms with E-state index in [4.69, 9.17) is 16.7 Å². The molecule has 2 aromatic rings. The number of rotatable bonds is 12. The second-order valence-electron chi connectivity index (χ2n) is 9.58. The summed E-state index contributed by atoms with van der Waals surface area (Å²) in [7, 11) is 0. The molecule has 0 saturated heterocycles. The first-order valence-electron chi connectivity index (χ1n) is 12.5. The first-order valence-corrected chi connectivity index (χ1v) is 12.9. The number of halogens is 1. The minimum atomic E-state index is -1.04. The van der Waals surface area contributed by atoms with Gasteiger partial charge in [0.05, 0.1) is 6.42 Å². The lowest BCUT2D eigenvalue weighted by Gasteiger charge is -2.25. The predicted octanol–water partition coefficient (Wildman–Crippen LogP) is 3.98. The number of carboxylic acid groups (broad SMARTS) is 1. The van der Waals surface area contributed by atoms with Crippen LogP contribution in [-0.2, 0) is 20.8 Å². The molecule has 2 atom stereocenters. The van der Waals surface area contributed by atoms with Crippen LogP contribution in [0.3, 0.4) is 0 Å². The highest BCUT2D eigenvalue weighted by atomic mass is 35.5. The number of hydrogen-bond donors (Lipinski definition) is 5. The molecule has 202 valence electrons. The van der Waals surface area contributed by atoms with Crippen molar-refractivity contribution in [1.82, 2.24) is 16.0 Å². The molecule has 2 unspecified atom stereocenters. The van der Waals surface area contributed by atoms with E-state index in [2.05, 4.69) is 21.3 Å². The van der Waals surface area contributed by atoms with Gasteiger partial charge in [-0.1, -0.05) is 55.8 Å². The fraction of sp³-hybridized carbons (Fsp3) is 0.357. The van der Waals surface area contributed by atoms with Gasteiger partial charge in [-0.3, -0.25) is 14.4 Å². The Bertz CT molecular complexity index is 1200. The Morgan fingerprint density at radius 2 is 1.66 bits per heavy atom. The lowest BCUT2D eigenvalue weighted by atomic mass is 9.98. The lowest BCUT2D eigenvalue weighted by molar-refractivity contribution is -0.137. The number of carbonyl (C=O) groups is 4. The summed E-state index contributed by atoms with van der Waals surface area (Å²) in [6, 6.07) is 12.0. The maximum Gasteiger partial charge on any atom is 0.319 e. The molecule has 1 aliphatic rings. The molecule has 0 aromatic heterocycles. The van der Waals surface area contributed by atoms with E-state index in [9.17, 15) is 19.2 Å². The lowest BCUT2D eigenvalue weighted by Crippen LogP contribution is -2.54. The van der Waals surface area contributed by atoms with Crippen LogP contribution in [0.15, 0.2) is 54.6 Å². The van der Waals surface area contributed by atoms with Crippen LogP contribution in [0.5, 0.6) is 0 Å². The van der Waals surface area contributed by atoms with Gasteiger partial charge in [0.25, 0.3) is 0 Å². The Kier molecular flexibility index (Phi) is 10.3. The molecular formula is C28H33ClN4O5. The third-order valence-corrected chi connectivity index (χ3v) is 6.31. The molecule has 0 aliphatic heterocycles. The molecule has 1 aliphatic carbocycles. The average molecular weight is 541 g/mol. The van der Waals surface area contributed by atoms with E-state index in [1.54, 1.807) is 24.3 Å². The topological polar surface area (TPSA) is 137 Å². The Morgan fingerprint density at radius 3 is 2.34 bits per heavy atom. The van der Waals surface area contributed by atoms with E-state index in [1.165, 1.54) is 0 Å². The summed E-state index contributed by atoms with van der Waals surface area (Å²) in [5.41, 5.74) is 3.59. The molecule has 0 bridgehead atoms. The minimum Gasteiger partial charge on any atom is -0.481 e. The van der Waals surface area contributed by atoms with Gasteiger partial charge in [0.2, 0.25) is 11.8 Å². The number of carbonyl (C=O) groups excluding carboxylic acids is 3. The van der Waals surface area contributed by atoms with E-state index >= 15 is 0 Å². The van der Waals surface area contributed by atoms with Crippen LogP contribution in [0, 0.1) is 5.92 Å². The second kappa shape index (κ2) is 13.6. The standard InChI is InChI=1S/C28H33ClN4O5/c1-17(2)15-23(33-28(38)31-21-11-9-20(29)10-12-21)27(37)32-24(26(36)30-14-13-25(34)35)16-19-8-7-18-5-3-4-6-22(18)19/h3-6,8-12,17,23-24H,7,13-16H2,1-2H3,(H,30,36)(H,32,37)(H,34,35)(H2,31,33,38). The van der Waals surface area contributed by atoms with Crippen molar-refractivity contribution in [2.24, 2.45) is 5.92 Å². The Balaban J connectivity index is 1.72. The Labute approximate surface area is 227 Å². The molecule has 2 aromatic carbocycles. The zero-order chi connectivity index (χ0) is 27.7. The van der Waals surface area contributed by atoms with Gasteiger partial charge >= 0.3 is 12.0 Å². The number of nitrogens with one attached hydrogen (secondary N) is 4. The quantitative estimate of drug-likeness (QED) is 0.277. The highest BCUT2D eigenvalue weighted by Crippen LogP contribution is 2.30. The van der Waals surface area contributed by atoms with Crippen LogP contribution in [0.2, 0.25) is 5.02 Å². The van der Waals surface area contributed by atoms with Gasteiger partial charge in [-0.05, 0) is 59.7 Å². The molecule has 4 amide bonds. The number of fused-ring (bicyclic) bond motifs is 1. The third kappa shape index (κ3) is 8.62. The molecule has 0 fully saturated rings. The highest BCUT2D eigenvalue weighted by molar-refractivity contribution is 6.30. The number of amides is 4. The fourth-order valence-electron chi connectivity index (χ4n) is 4.23. The van der Waals surface area contributed by atoms with Crippen LogP contribution in [0.4, 0.5) is 10.5 Å². The van der Waals surface area contributed by atoms with Crippen molar-refractivity contribution in [2.75, 3.05) is 11.9 Å². The fourth-order valence-corrected chi connectivity index (χ4v) is 4.35. The van der Waals surface area contributed by atoms with Crippen LogP contribution < -0.4 is 21.3 Å². The maximum atomic E-state index is 13.4. The molecule has 3 rings (SSSR count). The van der Waals surface area contributed by atoms with Gasteiger partial charge in [0.1, 0.15) is 12.1 Å². The summed E-state index contributed by atoms with van der Waals surface area (Å²) in [6.45, 7) is 3.79. The largest absolute Gasteiger partial charge is 0.481 e. The summed E-state index contributed by atoms with van der Waals surface area (Å²) in [5, 5.41) is 20.2. The second-order valence-corrected chi connectivity index (χ2v) is 10.0. The number of allylic oxidation sites excluding steroid dienone is 1.